The Balaban J connectivity index is 2.74. The molecule has 1 aliphatic rings. The molecule has 17 heavy (non-hydrogen) atoms. The Kier molecular flexibility index (Phi) is 5.29. The van der Waals surface area contributed by atoms with Crippen LogP contribution in [0.15, 0.2) is 4.99 Å². The summed E-state index contributed by atoms with van der Waals surface area (Å²) in [5, 5.41) is 0. The summed E-state index contributed by atoms with van der Waals surface area (Å²) in [5.41, 5.74) is 0.484. The summed E-state index contributed by atoms with van der Waals surface area (Å²) < 4.78 is 0. The van der Waals surface area contributed by atoms with E-state index >= 15 is 0 Å². The van der Waals surface area contributed by atoms with Gasteiger partial charge in [-0.1, -0.05) is 20.3 Å². The van der Waals surface area contributed by atoms with Crippen molar-refractivity contribution in [3.05, 3.63) is 0 Å². The molecule has 0 aromatic carbocycles. The zero-order chi connectivity index (χ0) is 12.9. The molecule has 0 aromatic heterocycles. The monoisotopic (exact) mass is 239 g/mol. The number of nitrogens with zero attached hydrogens (tertiary/aromatic N) is 3. The largest absolute Gasteiger partial charge is 0.349 e. The lowest BCUT2D eigenvalue weighted by atomic mass is 9.78. The second kappa shape index (κ2) is 6.27. The number of piperidine rings is 1. The molecule has 0 N–H and O–H groups in total. The number of hydrogen-bond donors (Lipinski definition) is 0. The molecule has 0 radical (unpaired) electrons. The summed E-state index contributed by atoms with van der Waals surface area (Å²) in [7, 11) is 4.19. The molecule has 1 aliphatic heterocycles. The van der Waals surface area contributed by atoms with Crippen LogP contribution in [0.2, 0.25) is 0 Å². The van der Waals surface area contributed by atoms with Gasteiger partial charge in [-0.25, -0.2) is 0 Å². The van der Waals surface area contributed by atoms with E-state index in [9.17, 15) is 0 Å². The molecule has 1 heterocycles. The highest BCUT2D eigenvalue weighted by Gasteiger charge is 2.31. The highest BCUT2D eigenvalue weighted by molar-refractivity contribution is 5.79. The van der Waals surface area contributed by atoms with Crippen molar-refractivity contribution in [2.75, 3.05) is 33.7 Å². The number of hydrogen-bond acceptors (Lipinski definition) is 1. The van der Waals surface area contributed by atoms with Crippen molar-refractivity contribution in [2.45, 2.75) is 46.5 Å². The fourth-order valence-electron chi connectivity index (χ4n) is 2.96. The van der Waals surface area contributed by atoms with E-state index in [1.54, 1.807) is 0 Å². The zero-order valence-corrected chi connectivity index (χ0v) is 12.3. The number of guanidine groups is 1. The maximum atomic E-state index is 4.64. The summed E-state index contributed by atoms with van der Waals surface area (Å²) in [4.78, 5) is 9.27. The van der Waals surface area contributed by atoms with Crippen LogP contribution in [-0.4, -0.2) is 49.5 Å². The first-order valence-electron chi connectivity index (χ1n) is 6.99. The number of likely N-dealkylation sites (tertiary alicyclic amines) is 1. The molecule has 1 rings (SSSR count). The molecule has 3 heteroatoms. The molecule has 0 amide bonds. The molecule has 0 aliphatic carbocycles. The normalized spacial score (nSPS) is 26.2. The smallest absolute Gasteiger partial charge is 0.196 e. The molecular formula is C14H29N3. The third kappa shape index (κ3) is 3.90. The molecule has 1 unspecified atom stereocenters. The van der Waals surface area contributed by atoms with Crippen LogP contribution in [0.4, 0.5) is 0 Å². The van der Waals surface area contributed by atoms with Crippen LogP contribution in [-0.2, 0) is 0 Å². The highest BCUT2D eigenvalue weighted by atomic mass is 15.4. The van der Waals surface area contributed by atoms with Gasteiger partial charge >= 0.3 is 0 Å². The van der Waals surface area contributed by atoms with E-state index in [4.69, 9.17) is 0 Å². The van der Waals surface area contributed by atoms with Crippen molar-refractivity contribution in [1.82, 2.24) is 9.80 Å². The molecule has 1 saturated heterocycles. The van der Waals surface area contributed by atoms with Crippen molar-refractivity contribution in [3.63, 3.8) is 0 Å². The van der Waals surface area contributed by atoms with Gasteiger partial charge in [0.15, 0.2) is 5.96 Å². The summed E-state index contributed by atoms with van der Waals surface area (Å²) in [6.45, 7) is 10.0. The van der Waals surface area contributed by atoms with Gasteiger partial charge in [0.1, 0.15) is 0 Å². The van der Waals surface area contributed by atoms with E-state index in [-0.39, 0.29) is 0 Å². The van der Waals surface area contributed by atoms with Crippen molar-refractivity contribution >= 4 is 5.96 Å². The van der Waals surface area contributed by atoms with Crippen molar-refractivity contribution in [1.29, 1.82) is 0 Å². The summed E-state index contributed by atoms with van der Waals surface area (Å²) in [6.07, 6.45) is 5.28. The third-order valence-corrected chi connectivity index (χ3v) is 3.62. The topological polar surface area (TPSA) is 18.8 Å². The molecule has 1 atom stereocenters. The van der Waals surface area contributed by atoms with Gasteiger partial charge in [0.25, 0.3) is 0 Å². The second-order valence-electron chi connectivity index (χ2n) is 5.75. The van der Waals surface area contributed by atoms with Gasteiger partial charge in [0.05, 0.1) is 0 Å². The zero-order valence-electron chi connectivity index (χ0n) is 12.3. The van der Waals surface area contributed by atoms with Crippen LogP contribution in [0.3, 0.4) is 0 Å². The van der Waals surface area contributed by atoms with Crippen LogP contribution in [0, 0.1) is 5.41 Å². The average molecular weight is 239 g/mol. The van der Waals surface area contributed by atoms with Crippen molar-refractivity contribution < 1.29 is 0 Å². The predicted octanol–water partition coefficient (Wildman–Crippen LogP) is 2.83. The maximum absolute atomic E-state index is 4.64. The Bertz CT molecular complexity index is 256. The van der Waals surface area contributed by atoms with Crippen LogP contribution in [0.1, 0.15) is 46.5 Å². The van der Waals surface area contributed by atoms with Gasteiger partial charge in [0, 0.05) is 33.7 Å². The molecule has 0 aromatic rings. The first kappa shape index (κ1) is 14.3. The van der Waals surface area contributed by atoms with Gasteiger partial charge in [-0.05, 0) is 31.6 Å². The molecule has 3 nitrogen and oxygen atoms in total. The number of rotatable bonds is 3. The van der Waals surface area contributed by atoms with Crippen LogP contribution >= 0.6 is 0 Å². The summed E-state index contributed by atoms with van der Waals surface area (Å²) >= 11 is 0. The maximum Gasteiger partial charge on any atom is 0.196 e. The number of aliphatic imine (C=N–C) groups is 1. The van der Waals surface area contributed by atoms with E-state index in [1.807, 2.05) is 0 Å². The van der Waals surface area contributed by atoms with E-state index < -0.39 is 0 Å². The minimum absolute atomic E-state index is 0.484. The van der Waals surface area contributed by atoms with E-state index in [0.717, 1.165) is 25.6 Å². The fourth-order valence-corrected chi connectivity index (χ4v) is 2.96. The molecular weight excluding hydrogens is 210 g/mol. The first-order chi connectivity index (χ1) is 8.02. The Morgan fingerprint density at radius 2 is 2.06 bits per heavy atom. The van der Waals surface area contributed by atoms with Crippen LogP contribution in [0.5, 0.6) is 0 Å². The van der Waals surface area contributed by atoms with E-state index in [0.29, 0.717) is 5.41 Å². The minimum Gasteiger partial charge on any atom is -0.349 e. The predicted molar refractivity (Wildman–Crippen MR) is 75.5 cm³/mol. The SMILES string of the molecule is CCCC1(C)CCCN(C(=NCC)N(C)C)C1. The Hall–Kier alpha value is -0.730. The molecule has 0 saturated carbocycles. The lowest BCUT2D eigenvalue weighted by Crippen LogP contribution is -2.49. The Morgan fingerprint density at radius 1 is 1.35 bits per heavy atom. The summed E-state index contributed by atoms with van der Waals surface area (Å²) in [6, 6.07) is 0. The highest BCUT2D eigenvalue weighted by Crippen LogP contribution is 2.34. The lowest BCUT2D eigenvalue weighted by Gasteiger charge is -2.43. The molecule has 1 fully saturated rings. The van der Waals surface area contributed by atoms with Crippen molar-refractivity contribution in [3.8, 4) is 0 Å². The third-order valence-electron chi connectivity index (χ3n) is 3.62. The van der Waals surface area contributed by atoms with Gasteiger partial charge in [0.2, 0.25) is 0 Å². The standard InChI is InChI=1S/C14H29N3/c1-6-9-14(3)10-8-11-17(12-14)13(15-7-2)16(4)5/h6-12H2,1-5H3. The average Bonchev–Trinajstić information content (AvgIpc) is 2.25. The lowest BCUT2D eigenvalue weighted by molar-refractivity contribution is 0.137. The van der Waals surface area contributed by atoms with Gasteiger partial charge < -0.3 is 9.80 Å². The van der Waals surface area contributed by atoms with Crippen LogP contribution < -0.4 is 0 Å². The van der Waals surface area contributed by atoms with Gasteiger partial charge in [-0.3, -0.25) is 4.99 Å². The molecule has 0 spiro atoms. The second-order valence-corrected chi connectivity index (χ2v) is 5.75. The van der Waals surface area contributed by atoms with E-state index in [1.165, 1.54) is 25.7 Å². The quantitative estimate of drug-likeness (QED) is 0.557. The molecule has 0 bridgehead atoms. The molecule has 100 valence electrons. The minimum atomic E-state index is 0.484. The van der Waals surface area contributed by atoms with Gasteiger partial charge in [-0.15, -0.1) is 0 Å². The summed E-state index contributed by atoms with van der Waals surface area (Å²) in [5.74, 6) is 1.16. The Morgan fingerprint density at radius 3 is 2.59 bits per heavy atom. The van der Waals surface area contributed by atoms with Crippen molar-refractivity contribution in [2.24, 2.45) is 10.4 Å². The van der Waals surface area contributed by atoms with Crippen LogP contribution in [0.25, 0.3) is 0 Å². The Labute approximate surface area is 107 Å². The van der Waals surface area contributed by atoms with Gasteiger partial charge in [-0.2, -0.15) is 0 Å². The first-order valence-corrected chi connectivity index (χ1v) is 6.99. The van der Waals surface area contributed by atoms with E-state index in [2.05, 4.69) is 49.7 Å². The fraction of sp³-hybridized carbons (Fsp3) is 0.929.